The number of hydrogen-bond donors (Lipinski definition) is 0. The summed E-state index contributed by atoms with van der Waals surface area (Å²) in [6.07, 6.45) is 5.04. The number of fused-ring (bicyclic) bond motifs is 1. The minimum Gasteiger partial charge on any atom is -0.490 e. The highest BCUT2D eigenvalue weighted by Crippen LogP contribution is 2.32. The molecule has 196 valence electrons. The van der Waals surface area contributed by atoms with Crippen LogP contribution in [0.1, 0.15) is 38.5 Å². The standard InChI is InChI=1S/C28H30ClNO6S/c1-34-28(31)27-18-25(36-23-11-8-21(29)9-12-23)14-15-30(27)37(32,33)26-13-7-19-16-24(10-6-20(19)17-26)35-22-4-2-3-5-22/h6-13,16-17,22,25,27H,2-5,14-15,18H2,1H3/t25-,27+/m1/s1. The van der Waals surface area contributed by atoms with Crippen LogP contribution >= 0.6 is 11.6 Å². The lowest BCUT2D eigenvalue weighted by molar-refractivity contribution is -0.147. The summed E-state index contributed by atoms with van der Waals surface area (Å²) in [7, 11) is -2.70. The van der Waals surface area contributed by atoms with Crippen molar-refractivity contribution in [3.05, 3.63) is 65.7 Å². The van der Waals surface area contributed by atoms with Gasteiger partial charge >= 0.3 is 5.97 Å². The Bertz CT molecular complexity index is 1370. The summed E-state index contributed by atoms with van der Waals surface area (Å²) in [6, 6.07) is 16.7. The molecular weight excluding hydrogens is 514 g/mol. The third-order valence-corrected chi connectivity index (χ3v) is 9.25. The van der Waals surface area contributed by atoms with Gasteiger partial charge in [0.1, 0.15) is 23.6 Å². The minimum absolute atomic E-state index is 0.132. The van der Waals surface area contributed by atoms with E-state index >= 15 is 0 Å². The van der Waals surface area contributed by atoms with Crippen LogP contribution < -0.4 is 9.47 Å². The second-order valence-electron chi connectivity index (χ2n) is 9.57. The average molecular weight is 544 g/mol. The third-order valence-electron chi connectivity index (χ3n) is 7.09. The predicted molar refractivity (Wildman–Crippen MR) is 142 cm³/mol. The number of ether oxygens (including phenoxy) is 3. The number of carbonyl (C=O) groups excluding carboxylic acids is 1. The Morgan fingerprint density at radius 3 is 2.24 bits per heavy atom. The van der Waals surface area contributed by atoms with Gasteiger partial charge in [0, 0.05) is 18.0 Å². The Hall–Kier alpha value is -2.81. The van der Waals surface area contributed by atoms with Crippen molar-refractivity contribution >= 4 is 38.4 Å². The van der Waals surface area contributed by atoms with Gasteiger partial charge in [-0.25, -0.2) is 8.42 Å². The molecule has 9 heteroatoms. The maximum absolute atomic E-state index is 13.7. The van der Waals surface area contributed by atoms with Crippen molar-refractivity contribution in [2.75, 3.05) is 13.7 Å². The van der Waals surface area contributed by atoms with Gasteiger partial charge in [-0.05, 0) is 91.4 Å². The Kier molecular flexibility index (Phi) is 7.60. The predicted octanol–water partition coefficient (Wildman–Crippen LogP) is 5.59. The first kappa shape index (κ1) is 25.8. The molecular formula is C28H30ClNO6S. The van der Waals surface area contributed by atoms with Crippen LogP contribution in [-0.2, 0) is 19.6 Å². The molecule has 37 heavy (non-hydrogen) atoms. The molecule has 0 spiro atoms. The largest absolute Gasteiger partial charge is 0.490 e. The van der Waals surface area contributed by atoms with E-state index in [1.165, 1.54) is 24.3 Å². The van der Waals surface area contributed by atoms with Gasteiger partial charge in [0.25, 0.3) is 0 Å². The van der Waals surface area contributed by atoms with Crippen LogP contribution in [0.15, 0.2) is 65.6 Å². The zero-order valence-corrected chi connectivity index (χ0v) is 22.2. The molecule has 3 aromatic rings. The Morgan fingerprint density at radius 1 is 0.865 bits per heavy atom. The fraction of sp³-hybridized carbons (Fsp3) is 0.393. The number of hydrogen-bond acceptors (Lipinski definition) is 6. The number of rotatable bonds is 7. The molecule has 1 heterocycles. The van der Waals surface area contributed by atoms with Crippen molar-refractivity contribution in [3.63, 3.8) is 0 Å². The Balaban J connectivity index is 1.35. The van der Waals surface area contributed by atoms with Gasteiger partial charge < -0.3 is 14.2 Å². The maximum Gasteiger partial charge on any atom is 0.324 e. The van der Waals surface area contributed by atoms with Crippen molar-refractivity contribution in [1.82, 2.24) is 4.31 Å². The highest BCUT2D eigenvalue weighted by Gasteiger charge is 2.42. The Morgan fingerprint density at radius 2 is 1.51 bits per heavy atom. The molecule has 7 nitrogen and oxygen atoms in total. The fourth-order valence-corrected chi connectivity index (χ4v) is 6.90. The molecule has 2 fully saturated rings. The van der Waals surface area contributed by atoms with Crippen molar-refractivity contribution < 1.29 is 27.4 Å². The van der Waals surface area contributed by atoms with Crippen molar-refractivity contribution in [2.24, 2.45) is 0 Å². The van der Waals surface area contributed by atoms with Gasteiger partial charge in [0.05, 0.1) is 18.1 Å². The summed E-state index contributed by atoms with van der Waals surface area (Å²) < 4.78 is 45.7. The maximum atomic E-state index is 13.7. The summed E-state index contributed by atoms with van der Waals surface area (Å²) in [5.41, 5.74) is 0. The van der Waals surface area contributed by atoms with Gasteiger partial charge in [0.2, 0.25) is 10.0 Å². The number of sulfonamides is 1. The smallest absolute Gasteiger partial charge is 0.324 e. The van der Waals surface area contributed by atoms with Crippen LogP contribution in [0.25, 0.3) is 10.8 Å². The summed E-state index contributed by atoms with van der Waals surface area (Å²) in [5, 5.41) is 2.28. The number of esters is 1. The Labute approximate surface area is 222 Å². The summed E-state index contributed by atoms with van der Waals surface area (Å²) >= 11 is 5.95. The van der Waals surface area contributed by atoms with Gasteiger partial charge in [0.15, 0.2) is 0 Å². The van der Waals surface area contributed by atoms with Crippen LogP contribution in [0, 0.1) is 0 Å². The molecule has 0 amide bonds. The van der Waals surface area contributed by atoms with Crippen LogP contribution in [0.4, 0.5) is 0 Å². The first-order chi connectivity index (χ1) is 17.8. The molecule has 0 bridgehead atoms. The molecule has 0 unspecified atom stereocenters. The SMILES string of the molecule is COC(=O)[C@@H]1C[C@H](Oc2ccc(Cl)cc2)CCN1S(=O)(=O)c1ccc2cc(OC3CCCC3)ccc2c1. The van der Waals surface area contributed by atoms with E-state index in [1.807, 2.05) is 18.2 Å². The first-order valence-electron chi connectivity index (χ1n) is 12.6. The molecule has 1 aliphatic carbocycles. The second-order valence-corrected chi connectivity index (χ2v) is 11.9. The van der Waals surface area contributed by atoms with Crippen molar-refractivity contribution in [1.29, 1.82) is 0 Å². The van der Waals surface area contributed by atoms with Crippen LogP contribution in [0.2, 0.25) is 5.02 Å². The van der Waals surface area contributed by atoms with Crippen molar-refractivity contribution in [3.8, 4) is 11.5 Å². The monoisotopic (exact) mass is 543 g/mol. The molecule has 3 aromatic carbocycles. The van der Waals surface area contributed by atoms with Crippen LogP contribution in [-0.4, -0.2) is 50.6 Å². The molecule has 2 atom stereocenters. The van der Waals surface area contributed by atoms with Gasteiger partial charge in [-0.15, -0.1) is 0 Å². The van der Waals surface area contributed by atoms with E-state index in [1.54, 1.807) is 42.5 Å². The number of benzene rings is 3. The van der Waals surface area contributed by atoms with E-state index in [9.17, 15) is 13.2 Å². The number of carbonyl (C=O) groups is 1. The van der Waals surface area contributed by atoms with E-state index in [-0.39, 0.29) is 30.1 Å². The molecule has 5 rings (SSSR count). The van der Waals surface area contributed by atoms with Gasteiger partial charge in [-0.1, -0.05) is 23.7 Å². The number of methoxy groups -OCH3 is 1. The van der Waals surface area contributed by atoms with Crippen LogP contribution in [0.3, 0.4) is 0 Å². The lowest BCUT2D eigenvalue weighted by atomic mass is 10.0. The minimum atomic E-state index is -3.96. The zero-order valence-electron chi connectivity index (χ0n) is 20.6. The molecule has 1 aliphatic heterocycles. The first-order valence-corrected chi connectivity index (χ1v) is 14.4. The van der Waals surface area contributed by atoms with Gasteiger partial charge in [-0.3, -0.25) is 4.79 Å². The summed E-state index contributed by atoms with van der Waals surface area (Å²) in [5.74, 6) is 0.797. The number of piperidine rings is 1. The molecule has 0 N–H and O–H groups in total. The van der Waals surface area contributed by atoms with Crippen molar-refractivity contribution in [2.45, 2.75) is 61.7 Å². The zero-order chi connectivity index (χ0) is 26.0. The summed E-state index contributed by atoms with van der Waals surface area (Å²) in [6.45, 7) is 0.132. The van der Waals surface area contributed by atoms with Gasteiger partial charge in [-0.2, -0.15) is 4.31 Å². The fourth-order valence-electron chi connectivity index (χ4n) is 5.13. The van der Waals surface area contributed by atoms with E-state index in [4.69, 9.17) is 25.8 Å². The topological polar surface area (TPSA) is 82.1 Å². The quantitative estimate of drug-likeness (QED) is 0.361. The normalized spacial score (nSPS) is 21.1. The van der Waals surface area contributed by atoms with E-state index in [2.05, 4.69) is 0 Å². The lowest BCUT2D eigenvalue weighted by Crippen LogP contribution is -2.52. The molecule has 2 aliphatic rings. The average Bonchev–Trinajstić information content (AvgIpc) is 3.42. The second kappa shape index (κ2) is 10.9. The van der Waals surface area contributed by atoms with E-state index < -0.39 is 22.0 Å². The highest BCUT2D eigenvalue weighted by atomic mass is 35.5. The lowest BCUT2D eigenvalue weighted by Gasteiger charge is -2.36. The van der Waals surface area contributed by atoms with E-state index in [0.29, 0.717) is 17.2 Å². The highest BCUT2D eigenvalue weighted by molar-refractivity contribution is 7.89. The number of nitrogens with zero attached hydrogens (tertiary/aromatic N) is 1. The van der Waals surface area contributed by atoms with E-state index in [0.717, 1.165) is 29.4 Å². The number of halogens is 1. The third kappa shape index (κ3) is 5.71. The van der Waals surface area contributed by atoms with Crippen LogP contribution in [0.5, 0.6) is 11.5 Å². The molecule has 1 saturated heterocycles. The summed E-state index contributed by atoms with van der Waals surface area (Å²) in [4.78, 5) is 12.8. The molecule has 0 aromatic heterocycles. The molecule has 1 saturated carbocycles. The molecule has 0 radical (unpaired) electrons.